The fraction of sp³-hybridized carbons (Fsp3) is 0.263. The van der Waals surface area contributed by atoms with Crippen LogP contribution in [0.2, 0.25) is 5.28 Å². The average Bonchev–Trinajstić information content (AvgIpc) is 3.13. The number of pyridine rings is 1. The molecule has 0 spiro atoms. The van der Waals surface area contributed by atoms with Crippen molar-refractivity contribution in [1.29, 1.82) is 0 Å². The summed E-state index contributed by atoms with van der Waals surface area (Å²) in [6.07, 6.45) is 6.32. The van der Waals surface area contributed by atoms with E-state index in [0.717, 1.165) is 65.5 Å². The van der Waals surface area contributed by atoms with Crippen LogP contribution in [0.25, 0.3) is 11.3 Å². The summed E-state index contributed by atoms with van der Waals surface area (Å²) in [6, 6.07) is 5.86. The minimum Gasteiger partial charge on any atom is -0.358 e. The number of H-pyrrole nitrogens is 1. The maximum atomic E-state index is 12.0. The molecule has 0 atom stereocenters. The van der Waals surface area contributed by atoms with E-state index in [9.17, 15) is 4.79 Å². The highest BCUT2D eigenvalue weighted by molar-refractivity contribution is 6.28. The zero-order valence-corrected chi connectivity index (χ0v) is 15.3. The highest BCUT2D eigenvalue weighted by Gasteiger charge is 2.23. The largest absolute Gasteiger partial charge is 0.358 e. The Morgan fingerprint density at radius 3 is 3.00 bits per heavy atom. The summed E-state index contributed by atoms with van der Waals surface area (Å²) in [5.41, 5.74) is 4.67. The number of hydrogen-bond acceptors (Lipinski definition) is 5. The maximum absolute atomic E-state index is 12.0. The number of aryl methyl sites for hydroxylation is 1. The van der Waals surface area contributed by atoms with Crippen LogP contribution in [0.3, 0.4) is 0 Å². The fourth-order valence-electron chi connectivity index (χ4n) is 3.73. The van der Waals surface area contributed by atoms with Gasteiger partial charge in [-0.05, 0) is 42.6 Å². The molecule has 0 bridgehead atoms. The molecule has 5 rings (SSSR count). The first-order chi connectivity index (χ1) is 13.2. The lowest BCUT2D eigenvalue weighted by Gasteiger charge is -2.29. The Balaban J connectivity index is 1.54. The Bertz CT molecular complexity index is 1050. The van der Waals surface area contributed by atoms with Gasteiger partial charge >= 0.3 is 0 Å². The SMILES string of the molecule is O=C1NCCc2[nH]c(-c3ccnc(N4CCCc5cnc(Cl)nc54)c3)cc21. The second-order valence-electron chi connectivity index (χ2n) is 6.73. The molecular formula is C19H17ClN6O. The highest BCUT2D eigenvalue weighted by Crippen LogP contribution is 2.33. The van der Waals surface area contributed by atoms with E-state index in [-0.39, 0.29) is 11.2 Å². The molecule has 0 aromatic carbocycles. The van der Waals surface area contributed by atoms with Crippen LogP contribution in [-0.2, 0) is 12.8 Å². The molecule has 136 valence electrons. The van der Waals surface area contributed by atoms with Crippen LogP contribution >= 0.6 is 11.6 Å². The quantitative estimate of drug-likeness (QED) is 0.667. The van der Waals surface area contributed by atoms with Crippen molar-refractivity contribution in [1.82, 2.24) is 25.3 Å². The average molecular weight is 381 g/mol. The third kappa shape index (κ3) is 2.84. The van der Waals surface area contributed by atoms with E-state index in [4.69, 9.17) is 11.6 Å². The minimum absolute atomic E-state index is 0.0238. The molecule has 8 heteroatoms. The summed E-state index contributed by atoms with van der Waals surface area (Å²) >= 11 is 6.02. The number of rotatable bonds is 2. The fourth-order valence-corrected chi connectivity index (χ4v) is 3.85. The van der Waals surface area contributed by atoms with E-state index in [1.165, 1.54) is 0 Å². The molecule has 0 unspecified atom stereocenters. The summed E-state index contributed by atoms with van der Waals surface area (Å²) in [5.74, 6) is 1.60. The number of halogens is 1. The Kier molecular flexibility index (Phi) is 3.82. The van der Waals surface area contributed by atoms with Gasteiger partial charge in [0.25, 0.3) is 5.91 Å². The molecule has 2 N–H and O–H groups in total. The lowest BCUT2D eigenvalue weighted by atomic mass is 10.1. The van der Waals surface area contributed by atoms with Crippen molar-refractivity contribution in [2.75, 3.05) is 18.0 Å². The van der Waals surface area contributed by atoms with Gasteiger partial charge in [0.1, 0.15) is 11.6 Å². The standard InChI is InChI=1S/C19H17ClN6O/c20-19-23-10-12-2-1-7-26(17(12)25-19)16-8-11(3-5-21-16)15-9-13-14(24-15)4-6-22-18(13)27/h3,5,8-10,24H,1-2,4,6-7H2,(H,22,27). The number of nitrogens with one attached hydrogen (secondary N) is 2. The minimum atomic E-state index is -0.0238. The van der Waals surface area contributed by atoms with Crippen LogP contribution in [0, 0.1) is 0 Å². The maximum Gasteiger partial charge on any atom is 0.253 e. The molecule has 0 saturated heterocycles. The predicted octanol–water partition coefficient (Wildman–Crippen LogP) is 2.89. The molecule has 27 heavy (non-hydrogen) atoms. The number of aromatic nitrogens is 4. The van der Waals surface area contributed by atoms with E-state index < -0.39 is 0 Å². The third-order valence-electron chi connectivity index (χ3n) is 5.03. The molecule has 3 aromatic heterocycles. The van der Waals surface area contributed by atoms with E-state index in [1.54, 1.807) is 12.4 Å². The summed E-state index contributed by atoms with van der Waals surface area (Å²) in [7, 11) is 0. The Morgan fingerprint density at radius 2 is 2.11 bits per heavy atom. The number of carbonyl (C=O) groups excluding carboxylic acids is 1. The van der Waals surface area contributed by atoms with Crippen LogP contribution < -0.4 is 10.2 Å². The van der Waals surface area contributed by atoms with Crippen molar-refractivity contribution in [3.8, 4) is 11.3 Å². The van der Waals surface area contributed by atoms with E-state index in [1.807, 2.05) is 18.2 Å². The van der Waals surface area contributed by atoms with Gasteiger partial charge in [0, 0.05) is 54.4 Å². The first-order valence-corrected chi connectivity index (χ1v) is 9.32. The molecule has 5 heterocycles. The molecule has 0 radical (unpaired) electrons. The van der Waals surface area contributed by atoms with Crippen LogP contribution in [0.4, 0.5) is 11.6 Å². The van der Waals surface area contributed by atoms with Gasteiger partial charge in [0.2, 0.25) is 5.28 Å². The molecule has 2 aliphatic heterocycles. The Labute approximate surface area is 160 Å². The topological polar surface area (TPSA) is 86.8 Å². The number of nitrogens with zero attached hydrogens (tertiary/aromatic N) is 4. The number of fused-ring (bicyclic) bond motifs is 2. The second kappa shape index (κ2) is 6.35. The van der Waals surface area contributed by atoms with Gasteiger partial charge in [0.15, 0.2) is 0 Å². The van der Waals surface area contributed by atoms with Gasteiger partial charge in [-0.1, -0.05) is 0 Å². The third-order valence-corrected chi connectivity index (χ3v) is 5.22. The highest BCUT2D eigenvalue weighted by atomic mass is 35.5. The van der Waals surface area contributed by atoms with E-state index in [0.29, 0.717) is 6.54 Å². The smallest absolute Gasteiger partial charge is 0.253 e. The van der Waals surface area contributed by atoms with Gasteiger partial charge in [-0.15, -0.1) is 0 Å². The van der Waals surface area contributed by atoms with Gasteiger partial charge in [-0.25, -0.2) is 9.97 Å². The monoisotopic (exact) mass is 380 g/mol. The van der Waals surface area contributed by atoms with Crippen molar-refractivity contribution in [3.05, 3.63) is 52.7 Å². The number of amides is 1. The molecular weight excluding hydrogens is 364 g/mol. The van der Waals surface area contributed by atoms with Crippen LogP contribution in [0.15, 0.2) is 30.6 Å². The van der Waals surface area contributed by atoms with Gasteiger partial charge in [0.05, 0.1) is 5.56 Å². The van der Waals surface area contributed by atoms with E-state index >= 15 is 0 Å². The van der Waals surface area contributed by atoms with Crippen molar-refractivity contribution >= 4 is 29.1 Å². The zero-order chi connectivity index (χ0) is 18.4. The summed E-state index contributed by atoms with van der Waals surface area (Å²) in [6.45, 7) is 1.48. The lowest BCUT2D eigenvalue weighted by molar-refractivity contribution is 0.0946. The summed E-state index contributed by atoms with van der Waals surface area (Å²) < 4.78 is 0. The van der Waals surface area contributed by atoms with Crippen molar-refractivity contribution in [2.45, 2.75) is 19.3 Å². The van der Waals surface area contributed by atoms with Crippen molar-refractivity contribution in [2.24, 2.45) is 0 Å². The van der Waals surface area contributed by atoms with Crippen LogP contribution in [0.5, 0.6) is 0 Å². The molecule has 7 nitrogen and oxygen atoms in total. The van der Waals surface area contributed by atoms with Gasteiger partial charge in [-0.3, -0.25) is 4.79 Å². The molecule has 1 amide bonds. The van der Waals surface area contributed by atoms with Gasteiger partial charge < -0.3 is 15.2 Å². The van der Waals surface area contributed by atoms with Gasteiger partial charge in [-0.2, -0.15) is 4.98 Å². The molecule has 0 aliphatic carbocycles. The summed E-state index contributed by atoms with van der Waals surface area (Å²) in [5, 5.41) is 3.11. The molecule has 0 fully saturated rings. The number of aromatic amines is 1. The molecule has 2 aliphatic rings. The Morgan fingerprint density at radius 1 is 1.19 bits per heavy atom. The molecule has 0 saturated carbocycles. The first-order valence-electron chi connectivity index (χ1n) is 8.94. The van der Waals surface area contributed by atoms with Crippen molar-refractivity contribution in [3.63, 3.8) is 0 Å². The number of carbonyl (C=O) groups is 1. The number of anilines is 2. The van der Waals surface area contributed by atoms with Crippen LogP contribution in [-0.4, -0.2) is 38.9 Å². The normalized spacial score (nSPS) is 15.9. The zero-order valence-electron chi connectivity index (χ0n) is 14.5. The van der Waals surface area contributed by atoms with Crippen LogP contribution in [0.1, 0.15) is 28.0 Å². The lowest BCUT2D eigenvalue weighted by Crippen LogP contribution is -2.31. The number of hydrogen-bond donors (Lipinski definition) is 2. The molecule has 3 aromatic rings. The van der Waals surface area contributed by atoms with E-state index in [2.05, 4.69) is 30.2 Å². The Hall–Kier alpha value is -2.93. The summed E-state index contributed by atoms with van der Waals surface area (Å²) in [4.78, 5) is 30.5. The predicted molar refractivity (Wildman–Crippen MR) is 102 cm³/mol. The first kappa shape index (κ1) is 16.3. The second-order valence-corrected chi connectivity index (χ2v) is 7.06. The van der Waals surface area contributed by atoms with Crippen molar-refractivity contribution < 1.29 is 4.79 Å².